The van der Waals surface area contributed by atoms with E-state index in [1.54, 1.807) is 7.11 Å². The topological polar surface area (TPSA) is 184 Å². The average Bonchev–Trinajstić information content (AvgIpc) is 3.57. The van der Waals surface area contributed by atoms with Gasteiger partial charge in [-0.15, -0.1) is 10.2 Å². The molecule has 1 aromatic carbocycles. The molecule has 0 spiro atoms. The smallest absolute Gasteiger partial charge is 0.240 e. The molecule has 4 aromatic rings. The largest absolute Gasteiger partial charge is 0.497 e. The second-order valence-corrected chi connectivity index (χ2v) is 8.02. The molecule has 0 radical (unpaired) electrons. The van der Waals surface area contributed by atoms with Crippen LogP contribution < -0.4 is 15.8 Å². The summed E-state index contributed by atoms with van der Waals surface area (Å²) in [7, 11) is 1.63. The highest BCUT2D eigenvalue weighted by atomic mass is 16.5. The number of hydrogen-bond acceptors (Lipinski definition) is 12. The Balaban J connectivity index is 1.49. The van der Waals surface area contributed by atoms with E-state index >= 15 is 0 Å². The Kier molecular flexibility index (Phi) is 6.15. The summed E-state index contributed by atoms with van der Waals surface area (Å²) in [5.74, 6) is 1.67. The van der Waals surface area contributed by atoms with Gasteiger partial charge in [0.2, 0.25) is 11.8 Å². The van der Waals surface area contributed by atoms with Crippen molar-refractivity contribution in [1.82, 2.24) is 39.7 Å². The minimum atomic E-state index is -1.21. The van der Waals surface area contributed by atoms with Crippen LogP contribution in [0.1, 0.15) is 18.7 Å². The predicted molar refractivity (Wildman–Crippen MR) is 124 cm³/mol. The Morgan fingerprint density at radius 1 is 1.20 bits per heavy atom. The van der Waals surface area contributed by atoms with Crippen LogP contribution >= 0.6 is 0 Å². The number of nitrogens with one attached hydrogen (secondary N) is 1. The van der Waals surface area contributed by atoms with Crippen molar-refractivity contribution < 1.29 is 19.7 Å². The zero-order chi connectivity index (χ0) is 24.5. The molecule has 14 heteroatoms. The molecule has 1 fully saturated rings. The van der Waals surface area contributed by atoms with E-state index in [9.17, 15) is 10.2 Å². The Bertz CT molecular complexity index is 1320. The lowest BCUT2D eigenvalue weighted by Crippen LogP contribution is -2.28. The van der Waals surface area contributed by atoms with Gasteiger partial charge in [0.25, 0.3) is 0 Å². The van der Waals surface area contributed by atoms with Gasteiger partial charge < -0.3 is 30.7 Å². The van der Waals surface area contributed by atoms with Crippen molar-refractivity contribution in [3.05, 3.63) is 29.8 Å². The lowest BCUT2D eigenvalue weighted by atomic mass is 10.1. The molecule has 0 bridgehead atoms. The van der Waals surface area contributed by atoms with Crippen molar-refractivity contribution in [1.29, 1.82) is 0 Å². The van der Waals surface area contributed by atoms with Crippen molar-refractivity contribution in [3.8, 4) is 17.4 Å². The maximum Gasteiger partial charge on any atom is 0.240 e. The summed E-state index contributed by atoms with van der Waals surface area (Å²) in [5, 5.41) is 36.2. The van der Waals surface area contributed by atoms with Gasteiger partial charge in [-0.3, -0.25) is 4.57 Å². The number of hydrogen-bond donors (Lipinski definition) is 4. The monoisotopic (exact) mass is 482 g/mol. The van der Waals surface area contributed by atoms with E-state index in [-0.39, 0.29) is 30.0 Å². The molecule has 0 aliphatic carbocycles. The number of ether oxygens (including phenoxy) is 2. The first kappa shape index (κ1) is 22.9. The van der Waals surface area contributed by atoms with Gasteiger partial charge in [0.05, 0.1) is 20.3 Å². The summed E-state index contributed by atoms with van der Waals surface area (Å²) in [6.07, 6.45) is -2.53. The molecule has 1 aliphatic heterocycles. The van der Waals surface area contributed by atoms with Crippen LogP contribution in [0.15, 0.2) is 24.3 Å². The van der Waals surface area contributed by atoms with Crippen LogP contribution in [-0.4, -0.2) is 82.4 Å². The summed E-state index contributed by atoms with van der Waals surface area (Å²) < 4.78 is 12.4. The number of fused-ring (bicyclic) bond motifs is 1. The van der Waals surface area contributed by atoms with Gasteiger partial charge in [0.1, 0.15) is 18.0 Å². The number of nitrogens with zero attached hydrogens (tertiary/aromatic N) is 8. The number of nitrogens with two attached hydrogens (primary N) is 1. The predicted octanol–water partition coefficient (Wildman–Crippen LogP) is -0.00430. The van der Waals surface area contributed by atoms with Gasteiger partial charge in [-0.2, -0.15) is 14.8 Å². The second kappa shape index (κ2) is 9.40. The number of benzene rings is 1. The lowest BCUT2D eigenvalue weighted by molar-refractivity contribution is -0.0153. The molecular formula is C21H26N10O4. The molecule has 4 heterocycles. The van der Waals surface area contributed by atoms with E-state index < -0.39 is 18.4 Å². The number of anilines is 2. The highest BCUT2D eigenvalue weighted by molar-refractivity contribution is 5.86. The van der Waals surface area contributed by atoms with Crippen LogP contribution in [0.25, 0.3) is 22.8 Å². The number of aliphatic hydroxyl groups is 2. The van der Waals surface area contributed by atoms with Crippen LogP contribution in [0.2, 0.25) is 0 Å². The van der Waals surface area contributed by atoms with Crippen LogP contribution in [0.3, 0.4) is 0 Å². The van der Waals surface area contributed by atoms with Gasteiger partial charge >= 0.3 is 0 Å². The Morgan fingerprint density at radius 3 is 2.66 bits per heavy atom. The molecule has 0 unspecified atom stereocenters. The van der Waals surface area contributed by atoms with Crippen LogP contribution in [0.4, 0.5) is 11.8 Å². The van der Waals surface area contributed by atoms with Crippen LogP contribution in [-0.2, 0) is 17.7 Å². The van der Waals surface area contributed by atoms with E-state index in [0.717, 1.165) is 17.7 Å². The maximum absolute atomic E-state index is 10.6. The molecule has 1 saturated heterocycles. The van der Waals surface area contributed by atoms with E-state index in [0.29, 0.717) is 24.3 Å². The van der Waals surface area contributed by atoms with E-state index in [2.05, 4.69) is 35.7 Å². The maximum atomic E-state index is 10.6. The van der Waals surface area contributed by atoms with E-state index in [4.69, 9.17) is 15.2 Å². The minimum absolute atomic E-state index is 0.0481. The van der Waals surface area contributed by atoms with Crippen LogP contribution in [0.5, 0.6) is 5.75 Å². The Hall–Kier alpha value is -3.88. The molecule has 5 N–H and O–H groups in total. The van der Waals surface area contributed by atoms with Gasteiger partial charge in [0.15, 0.2) is 29.0 Å². The van der Waals surface area contributed by atoms with Crippen molar-refractivity contribution in [3.63, 3.8) is 0 Å². The highest BCUT2D eigenvalue weighted by Gasteiger charge is 2.39. The Labute approximate surface area is 199 Å². The molecule has 3 aromatic heterocycles. The molecule has 3 atom stereocenters. The van der Waals surface area contributed by atoms with Gasteiger partial charge in [0, 0.05) is 6.54 Å². The quantitative estimate of drug-likeness (QED) is 0.264. The molecule has 184 valence electrons. The van der Waals surface area contributed by atoms with Crippen molar-refractivity contribution in [2.75, 3.05) is 31.3 Å². The number of aliphatic hydroxyl groups excluding tert-OH is 2. The number of nitrogen functional groups attached to an aromatic ring is 1. The summed E-state index contributed by atoms with van der Waals surface area (Å²) >= 11 is 0. The molecule has 1 aliphatic rings. The van der Waals surface area contributed by atoms with Gasteiger partial charge in [-0.1, -0.05) is 12.1 Å². The summed E-state index contributed by atoms with van der Waals surface area (Å²) in [5.41, 5.74) is 7.95. The number of aryl methyl sites for hydroxylation is 1. The van der Waals surface area contributed by atoms with Crippen LogP contribution in [0, 0.1) is 0 Å². The number of rotatable bonds is 8. The number of methoxy groups -OCH3 is 1. The van der Waals surface area contributed by atoms with Crippen molar-refractivity contribution in [2.45, 2.75) is 38.3 Å². The molecule has 0 amide bonds. The zero-order valence-corrected chi connectivity index (χ0v) is 19.2. The fourth-order valence-electron chi connectivity index (χ4n) is 3.86. The average molecular weight is 483 g/mol. The van der Waals surface area contributed by atoms with Crippen molar-refractivity contribution >= 4 is 22.9 Å². The highest BCUT2D eigenvalue weighted by Crippen LogP contribution is 2.34. The first-order valence-corrected chi connectivity index (χ1v) is 11.2. The fourth-order valence-corrected chi connectivity index (χ4v) is 3.86. The number of imidazole rings is 1. The normalized spacial score (nSPS) is 19.9. The summed E-state index contributed by atoms with van der Waals surface area (Å²) in [6.45, 7) is 2.89. The molecule has 0 saturated carbocycles. The van der Waals surface area contributed by atoms with E-state index in [1.165, 1.54) is 9.36 Å². The first-order chi connectivity index (χ1) is 17.0. The minimum Gasteiger partial charge on any atom is -0.497 e. The standard InChI is InChI=1S/C21H26N10O4/c1-3-30-28-17(27-29-30)19-24-14-16(22)25-21(23-9-8-11-4-6-12(34-2)7-5-11)26-18(14)31(19)20-15(33)13(32)10-35-20/h4-7,13,15,20,32-33H,3,8-10H2,1-2H3,(H3,22,23,25,26)/t13-,15+,20+/m0/s1. The van der Waals surface area contributed by atoms with Gasteiger partial charge in [-0.25, -0.2) is 4.98 Å². The third-order valence-corrected chi connectivity index (χ3v) is 5.74. The second-order valence-electron chi connectivity index (χ2n) is 8.02. The SMILES string of the molecule is CCn1nnc(-c2nc3c(N)nc(NCCc4ccc(OC)cc4)nc3n2[C@@H]2OC[C@H](O)[C@H]2O)n1. The zero-order valence-electron chi connectivity index (χ0n) is 19.2. The summed E-state index contributed by atoms with van der Waals surface area (Å²) in [6, 6.07) is 7.78. The van der Waals surface area contributed by atoms with E-state index in [1.807, 2.05) is 31.2 Å². The molecule has 5 rings (SSSR count). The molecular weight excluding hydrogens is 456 g/mol. The van der Waals surface area contributed by atoms with Gasteiger partial charge in [-0.05, 0) is 36.3 Å². The number of tetrazole rings is 1. The Morgan fingerprint density at radius 2 is 2.00 bits per heavy atom. The molecule has 35 heavy (non-hydrogen) atoms. The third kappa shape index (κ3) is 4.34. The third-order valence-electron chi connectivity index (χ3n) is 5.74. The lowest BCUT2D eigenvalue weighted by Gasteiger charge is -2.18. The first-order valence-electron chi connectivity index (χ1n) is 11.2. The van der Waals surface area contributed by atoms with Crippen molar-refractivity contribution in [2.24, 2.45) is 0 Å². The summed E-state index contributed by atoms with van der Waals surface area (Å²) in [4.78, 5) is 14.9. The number of aromatic nitrogens is 8. The molecule has 14 nitrogen and oxygen atoms in total. The fraction of sp³-hybridized carbons (Fsp3) is 0.429.